The monoisotopic (exact) mass is 555 g/mol. The molecule has 0 radical (unpaired) electrons. The Bertz CT molecular complexity index is 1330. The molecule has 1 N–H and O–H groups in total. The lowest BCUT2D eigenvalue weighted by molar-refractivity contribution is -0.130. The fourth-order valence-electron chi connectivity index (χ4n) is 4.52. The van der Waals surface area contributed by atoms with Crippen LogP contribution in [0, 0.1) is 0 Å². The first-order valence-corrected chi connectivity index (χ1v) is 13.0. The molecule has 0 unspecified atom stereocenters. The number of rotatable bonds is 9. The second kappa shape index (κ2) is 11.8. The standard InChI is InChI=1S/C27H30ClN5O6/c1-18(34)33-9-7-32(8-10-33)11-12-36-23-5-3-19(13-21(23)27-22(28)15-29-31(27)2)30-26(35)16-37-20-4-6-24-25(14-20)39-17-38-24/h3-6,13-15H,7-12,16-17H2,1-2H3,(H,30,35). The van der Waals surface area contributed by atoms with Gasteiger partial charge in [0.25, 0.3) is 5.91 Å². The summed E-state index contributed by atoms with van der Waals surface area (Å²) in [4.78, 5) is 28.3. The van der Waals surface area contributed by atoms with Crippen LogP contribution in [-0.4, -0.2) is 84.1 Å². The molecule has 12 heteroatoms. The normalized spacial score (nSPS) is 14.8. The molecule has 2 aromatic carbocycles. The van der Waals surface area contributed by atoms with Crippen molar-refractivity contribution in [3.8, 4) is 34.3 Å². The maximum absolute atomic E-state index is 12.7. The highest BCUT2D eigenvalue weighted by Crippen LogP contribution is 2.37. The lowest BCUT2D eigenvalue weighted by Crippen LogP contribution is -2.48. The van der Waals surface area contributed by atoms with Crippen LogP contribution in [0.2, 0.25) is 5.02 Å². The number of benzene rings is 2. The molecule has 39 heavy (non-hydrogen) atoms. The van der Waals surface area contributed by atoms with E-state index in [0.717, 1.165) is 32.7 Å². The highest BCUT2D eigenvalue weighted by molar-refractivity contribution is 6.33. The quantitative estimate of drug-likeness (QED) is 0.429. The lowest BCUT2D eigenvalue weighted by Gasteiger charge is -2.34. The summed E-state index contributed by atoms with van der Waals surface area (Å²) in [5.74, 6) is 2.13. The third kappa shape index (κ3) is 6.37. The van der Waals surface area contributed by atoms with Gasteiger partial charge in [-0.25, -0.2) is 0 Å². The van der Waals surface area contributed by atoms with Gasteiger partial charge in [-0.3, -0.25) is 19.2 Å². The Morgan fingerprint density at radius 3 is 2.59 bits per heavy atom. The molecule has 2 amide bonds. The Labute approximate surface area is 231 Å². The minimum Gasteiger partial charge on any atom is -0.492 e. The van der Waals surface area contributed by atoms with Crippen LogP contribution in [-0.2, 0) is 16.6 Å². The molecule has 3 heterocycles. The van der Waals surface area contributed by atoms with Gasteiger partial charge in [0.05, 0.1) is 16.9 Å². The molecule has 0 spiro atoms. The van der Waals surface area contributed by atoms with Crippen LogP contribution < -0.4 is 24.3 Å². The van der Waals surface area contributed by atoms with E-state index in [-0.39, 0.29) is 25.2 Å². The number of hydrogen-bond acceptors (Lipinski definition) is 8. The second-order valence-electron chi connectivity index (χ2n) is 9.22. The summed E-state index contributed by atoms with van der Waals surface area (Å²) in [6.07, 6.45) is 1.57. The largest absolute Gasteiger partial charge is 0.492 e. The summed E-state index contributed by atoms with van der Waals surface area (Å²) in [5, 5.41) is 7.58. The van der Waals surface area contributed by atoms with Crippen molar-refractivity contribution in [1.29, 1.82) is 0 Å². The van der Waals surface area contributed by atoms with Crippen molar-refractivity contribution in [1.82, 2.24) is 19.6 Å². The number of piperazine rings is 1. The van der Waals surface area contributed by atoms with Crippen molar-refractivity contribution in [3.63, 3.8) is 0 Å². The van der Waals surface area contributed by atoms with Gasteiger partial charge >= 0.3 is 0 Å². The van der Waals surface area contributed by atoms with Crippen molar-refractivity contribution < 1.29 is 28.5 Å². The molecule has 5 rings (SSSR count). The van der Waals surface area contributed by atoms with Gasteiger partial charge in [-0.05, 0) is 30.3 Å². The van der Waals surface area contributed by atoms with Gasteiger partial charge in [0.15, 0.2) is 18.1 Å². The van der Waals surface area contributed by atoms with E-state index in [4.69, 9.17) is 30.5 Å². The molecule has 1 aromatic heterocycles. The zero-order valence-electron chi connectivity index (χ0n) is 21.8. The summed E-state index contributed by atoms with van der Waals surface area (Å²) in [6.45, 7) is 5.82. The predicted molar refractivity (Wildman–Crippen MR) is 145 cm³/mol. The first-order chi connectivity index (χ1) is 18.9. The van der Waals surface area contributed by atoms with Crippen molar-refractivity contribution in [3.05, 3.63) is 47.6 Å². The van der Waals surface area contributed by atoms with E-state index in [0.29, 0.717) is 51.6 Å². The first kappa shape index (κ1) is 26.6. The van der Waals surface area contributed by atoms with Gasteiger partial charge in [-0.2, -0.15) is 5.10 Å². The van der Waals surface area contributed by atoms with Gasteiger partial charge in [-0.1, -0.05) is 11.6 Å². The minimum atomic E-state index is -0.326. The molecule has 2 aliphatic rings. The fraction of sp³-hybridized carbons (Fsp3) is 0.370. The van der Waals surface area contributed by atoms with E-state index in [9.17, 15) is 9.59 Å². The Hall–Kier alpha value is -3.96. The molecule has 0 atom stereocenters. The summed E-state index contributed by atoms with van der Waals surface area (Å²) >= 11 is 6.46. The van der Waals surface area contributed by atoms with Gasteiger partial charge < -0.3 is 29.2 Å². The van der Waals surface area contributed by atoms with Gasteiger partial charge in [-0.15, -0.1) is 0 Å². The van der Waals surface area contributed by atoms with E-state index in [1.54, 1.807) is 55.2 Å². The number of carbonyl (C=O) groups is 2. The van der Waals surface area contributed by atoms with Crippen molar-refractivity contribution in [2.75, 3.05) is 58.0 Å². The van der Waals surface area contributed by atoms with Crippen molar-refractivity contribution >= 4 is 29.1 Å². The Morgan fingerprint density at radius 2 is 1.85 bits per heavy atom. The third-order valence-corrected chi connectivity index (χ3v) is 6.89. The number of aryl methyl sites for hydroxylation is 1. The number of anilines is 1. The average Bonchev–Trinajstić information content (AvgIpc) is 3.53. The van der Waals surface area contributed by atoms with E-state index in [2.05, 4.69) is 15.3 Å². The van der Waals surface area contributed by atoms with Crippen LogP contribution in [0.3, 0.4) is 0 Å². The summed E-state index contributed by atoms with van der Waals surface area (Å²) in [7, 11) is 1.80. The molecule has 1 fully saturated rings. The molecular weight excluding hydrogens is 526 g/mol. The number of halogens is 1. The molecule has 0 aliphatic carbocycles. The van der Waals surface area contributed by atoms with Crippen LogP contribution in [0.5, 0.6) is 23.0 Å². The minimum absolute atomic E-state index is 0.107. The Morgan fingerprint density at radius 1 is 1.05 bits per heavy atom. The maximum Gasteiger partial charge on any atom is 0.262 e. The van der Waals surface area contributed by atoms with Crippen LogP contribution in [0.15, 0.2) is 42.6 Å². The lowest BCUT2D eigenvalue weighted by atomic mass is 10.1. The smallest absolute Gasteiger partial charge is 0.262 e. The molecule has 3 aromatic rings. The summed E-state index contributed by atoms with van der Waals surface area (Å²) in [6, 6.07) is 10.5. The van der Waals surface area contributed by atoms with Crippen LogP contribution in [0.1, 0.15) is 6.92 Å². The second-order valence-corrected chi connectivity index (χ2v) is 9.63. The highest BCUT2D eigenvalue weighted by Gasteiger charge is 2.20. The van der Waals surface area contributed by atoms with Crippen LogP contribution in [0.25, 0.3) is 11.3 Å². The first-order valence-electron chi connectivity index (χ1n) is 12.6. The fourth-order valence-corrected chi connectivity index (χ4v) is 4.78. The van der Waals surface area contributed by atoms with Crippen LogP contribution >= 0.6 is 11.6 Å². The number of hydrogen-bond donors (Lipinski definition) is 1. The number of amides is 2. The van der Waals surface area contributed by atoms with E-state index < -0.39 is 0 Å². The average molecular weight is 556 g/mol. The van der Waals surface area contributed by atoms with E-state index >= 15 is 0 Å². The molecule has 0 bridgehead atoms. The molecular formula is C27H30ClN5O6. The van der Waals surface area contributed by atoms with Gasteiger partial charge in [0.2, 0.25) is 12.7 Å². The molecule has 2 aliphatic heterocycles. The topological polar surface area (TPSA) is 107 Å². The number of nitrogens with one attached hydrogen (secondary N) is 1. The Kier molecular flexibility index (Phi) is 8.08. The SMILES string of the molecule is CC(=O)N1CCN(CCOc2ccc(NC(=O)COc3ccc4c(c3)OCO4)cc2-c2c(Cl)cnn2C)CC1. The molecule has 206 valence electrons. The van der Waals surface area contributed by atoms with E-state index in [1.165, 1.54) is 0 Å². The maximum atomic E-state index is 12.7. The Balaban J connectivity index is 1.22. The molecule has 11 nitrogen and oxygen atoms in total. The van der Waals surface area contributed by atoms with Gasteiger partial charge in [0.1, 0.15) is 18.1 Å². The number of aromatic nitrogens is 2. The summed E-state index contributed by atoms with van der Waals surface area (Å²) in [5.41, 5.74) is 1.94. The van der Waals surface area contributed by atoms with Crippen LogP contribution in [0.4, 0.5) is 5.69 Å². The zero-order valence-corrected chi connectivity index (χ0v) is 22.6. The van der Waals surface area contributed by atoms with E-state index in [1.807, 2.05) is 11.0 Å². The number of nitrogens with zero attached hydrogens (tertiary/aromatic N) is 4. The molecule has 1 saturated heterocycles. The number of ether oxygens (including phenoxy) is 4. The number of carbonyl (C=O) groups excluding carboxylic acids is 2. The third-order valence-electron chi connectivity index (χ3n) is 6.61. The van der Waals surface area contributed by atoms with Crippen molar-refractivity contribution in [2.24, 2.45) is 7.05 Å². The predicted octanol–water partition coefficient (Wildman–Crippen LogP) is 3.03. The highest BCUT2D eigenvalue weighted by atomic mass is 35.5. The van der Waals surface area contributed by atoms with Gasteiger partial charge in [0, 0.05) is 64.0 Å². The number of fused-ring (bicyclic) bond motifs is 1. The van der Waals surface area contributed by atoms with Crippen molar-refractivity contribution in [2.45, 2.75) is 6.92 Å². The zero-order chi connectivity index (χ0) is 27.4. The summed E-state index contributed by atoms with van der Waals surface area (Å²) < 4.78 is 24.1. The molecule has 0 saturated carbocycles.